The monoisotopic (exact) mass is 486 g/mol. The molecule has 186 valence electrons. The number of aliphatic hydroxyl groups is 1. The SMILES string of the molecule is COc1ccc(C(=O)Nc2cccc(CN3C(=O)[C@]4(O[C@H](CCO)C[C@@H]4C)c4ccccc43)c2)cc1. The number of nitrogens with zero attached hydrogens (tertiary/aromatic N) is 1. The Morgan fingerprint density at radius 2 is 1.92 bits per heavy atom. The van der Waals surface area contributed by atoms with E-state index in [4.69, 9.17) is 9.47 Å². The normalized spacial score (nSPS) is 22.6. The largest absolute Gasteiger partial charge is 0.497 e. The Morgan fingerprint density at radius 1 is 1.14 bits per heavy atom. The van der Waals surface area contributed by atoms with E-state index in [2.05, 4.69) is 5.32 Å². The molecule has 36 heavy (non-hydrogen) atoms. The number of carbonyl (C=O) groups excluding carboxylic acids is 2. The van der Waals surface area contributed by atoms with E-state index >= 15 is 0 Å². The first-order valence-electron chi connectivity index (χ1n) is 12.2. The van der Waals surface area contributed by atoms with Gasteiger partial charge in [-0.15, -0.1) is 0 Å². The van der Waals surface area contributed by atoms with Gasteiger partial charge in [-0.3, -0.25) is 9.59 Å². The summed E-state index contributed by atoms with van der Waals surface area (Å²) in [5.41, 5.74) is 2.75. The molecule has 0 unspecified atom stereocenters. The Hall–Kier alpha value is -3.68. The summed E-state index contributed by atoms with van der Waals surface area (Å²) in [6.07, 6.45) is 1.08. The molecule has 2 N–H and O–H groups in total. The highest BCUT2D eigenvalue weighted by molar-refractivity contribution is 6.07. The van der Waals surface area contributed by atoms with Crippen LogP contribution < -0.4 is 15.0 Å². The maximum atomic E-state index is 13.9. The minimum Gasteiger partial charge on any atom is -0.497 e. The molecule has 1 fully saturated rings. The molecule has 1 spiro atoms. The lowest BCUT2D eigenvalue weighted by Gasteiger charge is -2.28. The molecule has 7 nitrogen and oxygen atoms in total. The van der Waals surface area contributed by atoms with E-state index in [1.807, 2.05) is 55.5 Å². The number of benzene rings is 3. The summed E-state index contributed by atoms with van der Waals surface area (Å²) in [4.78, 5) is 28.4. The fourth-order valence-electron chi connectivity index (χ4n) is 5.38. The van der Waals surface area contributed by atoms with Crippen molar-refractivity contribution in [1.82, 2.24) is 0 Å². The molecular formula is C29H30N2O5. The maximum absolute atomic E-state index is 13.9. The molecule has 0 saturated carbocycles. The van der Waals surface area contributed by atoms with E-state index < -0.39 is 5.60 Å². The van der Waals surface area contributed by atoms with E-state index in [1.165, 1.54) is 0 Å². The predicted molar refractivity (Wildman–Crippen MR) is 137 cm³/mol. The van der Waals surface area contributed by atoms with Crippen molar-refractivity contribution in [3.8, 4) is 5.75 Å². The number of hydrogen-bond acceptors (Lipinski definition) is 5. The average Bonchev–Trinajstić information content (AvgIpc) is 3.34. The minimum absolute atomic E-state index is 0.0113. The van der Waals surface area contributed by atoms with Gasteiger partial charge in [0.25, 0.3) is 11.8 Å². The second-order valence-electron chi connectivity index (χ2n) is 9.42. The predicted octanol–water partition coefficient (Wildman–Crippen LogP) is 4.50. The van der Waals surface area contributed by atoms with Gasteiger partial charge in [0.1, 0.15) is 5.75 Å². The van der Waals surface area contributed by atoms with Gasteiger partial charge >= 0.3 is 0 Å². The average molecular weight is 487 g/mol. The van der Waals surface area contributed by atoms with E-state index in [0.29, 0.717) is 30.0 Å². The summed E-state index contributed by atoms with van der Waals surface area (Å²) in [6, 6.07) is 22.2. The Kier molecular flexibility index (Phi) is 6.51. The van der Waals surface area contributed by atoms with Gasteiger partial charge in [-0.25, -0.2) is 0 Å². The minimum atomic E-state index is -1.03. The van der Waals surface area contributed by atoms with Crippen molar-refractivity contribution in [1.29, 1.82) is 0 Å². The molecule has 2 aliphatic rings. The van der Waals surface area contributed by atoms with Gasteiger partial charge in [-0.2, -0.15) is 0 Å². The first-order chi connectivity index (χ1) is 17.5. The first kappa shape index (κ1) is 24.0. The van der Waals surface area contributed by atoms with Crippen LogP contribution in [0.2, 0.25) is 0 Å². The lowest BCUT2D eigenvalue weighted by atomic mass is 9.83. The number of para-hydroxylation sites is 1. The molecule has 7 heteroatoms. The van der Waals surface area contributed by atoms with Crippen molar-refractivity contribution in [2.75, 3.05) is 23.9 Å². The summed E-state index contributed by atoms with van der Waals surface area (Å²) in [5, 5.41) is 12.4. The van der Waals surface area contributed by atoms with Gasteiger partial charge in [-0.1, -0.05) is 37.3 Å². The van der Waals surface area contributed by atoms with Crippen molar-refractivity contribution in [3.05, 3.63) is 89.5 Å². The van der Waals surface area contributed by atoms with Crippen LogP contribution in [0.1, 0.15) is 41.3 Å². The molecule has 3 atom stereocenters. The summed E-state index contributed by atoms with van der Waals surface area (Å²) in [7, 11) is 1.58. The number of amides is 2. The quantitative estimate of drug-likeness (QED) is 0.514. The van der Waals surface area contributed by atoms with Gasteiger partial charge < -0.3 is 24.8 Å². The van der Waals surface area contributed by atoms with Crippen LogP contribution in [0.5, 0.6) is 5.75 Å². The highest BCUT2D eigenvalue weighted by atomic mass is 16.5. The number of carbonyl (C=O) groups is 2. The standard InChI is InChI=1S/C29H30N2O5/c1-19-16-24(14-15-32)36-29(19)25-8-3-4-9-26(25)31(28(29)34)18-20-6-5-7-22(17-20)30-27(33)21-10-12-23(35-2)13-11-21/h3-13,17,19,24,32H,14-16,18H2,1-2H3,(H,30,33)/t19-,24+,29+/m0/s1. The molecule has 2 heterocycles. The molecule has 1 saturated heterocycles. The number of aliphatic hydroxyl groups excluding tert-OH is 1. The van der Waals surface area contributed by atoms with Crippen molar-refractivity contribution in [2.45, 2.75) is 38.0 Å². The highest BCUT2D eigenvalue weighted by Crippen LogP contribution is 2.53. The zero-order valence-corrected chi connectivity index (χ0v) is 20.4. The second-order valence-corrected chi connectivity index (χ2v) is 9.42. The van der Waals surface area contributed by atoms with Crippen LogP contribution in [-0.4, -0.2) is 36.7 Å². The van der Waals surface area contributed by atoms with Gasteiger partial charge in [-0.05, 0) is 60.9 Å². The first-order valence-corrected chi connectivity index (χ1v) is 12.2. The Balaban J connectivity index is 1.38. The van der Waals surface area contributed by atoms with Crippen molar-refractivity contribution in [2.24, 2.45) is 5.92 Å². The van der Waals surface area contributed by atoms with Crippen molar-refractivity contribution in [3.63, 3.8) is 0 Å². The van der Waals surface area contributed by atoms with Crippen LogP contribution in [-0.2, 0) is 21.7 Å². The van der Waals surface area contributed by atoms with Crippen LogP contribution >= 0.6 is 0 Å². The third-order valence-electron chi connectivity index (χ3n) is 7.15. The third kappa shape index (κ3) is 4.14. The van der Waals surface area contributed by atoms with Crippen LogP contribution in [0.25, 0.3) is 0 Å². The van der Waals surface area contributed by atoms with Crippen LogP contribution in [0, 0.1) is 5.92 Å². The third-order valence-corrected chi connectivity index (χ3v) is 7.15. The van der Waals surface area contributed by atoms with Crippen LogP contribution in [0.3, 0.4) is 0 Å². The Bertz CT molecular complexity index is 1270. The van der Waals surface area contributed by atoms with Gasteiger partial charge in [0.2, 0.25) is 0 Å². The summed E-state index contributed by atoms with van der Waals surface area (Å²) < 4.78 is 11.5. The molecule has 5 rings (SSSR count). The molecule has 0 bridgehead atoms. The van der Waals surface area contributed by atoms with Crippen molar-refractivity contribution < 1.29 is 24.2 Å². The molecule has 2 amide bonds. The van der Waals surface area contributed by atoms with E-state index in [9.17, 15) is 14.7 Å². The number of methoxy groups -OCH3 is 1. The zero-order chi connectivity index (χ0) is 25.3. The van der Waals surface area contributed by atoms with Crippen LogP contribution in [0.4, 0.5) is 11.4 Å². The topological polar surface area (TPSA) is 88.1 Å². The van der Waals surface area contributed by atoms with Crippen molar-refractivity contribution >= 4 is 23.2 Å². The number of hydrogen-bond donors (Lipinski definition) is 2. The summed E-state index contributed by atoms with van der Waals surface area (Å²) in [5.74, 6) is 0.372. The Morgan fingerprint density at radius 3 is 2.67 bits per heavy atom. The molecule has 0 radical (unpaired) electrons. The number of anilines is 2. The van der Waals surface area contributed by atoms with Gasteiger partial charge in [0, 0.05) is 29.3 Å². The summed E-state index contributed by atoms with van der Waals surface area (Å²) in [6.45, 7) is 2.43. The number of rotatable bonds is 7. The second kappa shape index (κ2) is 9.76. The fraction of sp³-hybridized carbons (Fsp3) is 0.310. The maximum Gasteiger partial charge on any atom is 0.264 e. The van der Waals surface area contributed by atoms with E-state index in [0.717, 1.165) is 23.2 Å². The van der Waals surface area contributed by atoms with Gasteiger partial charge in [0.05, 0.1) is 25.4 Å². The molecule has 0 aromatic heterocycles. The molecule has 3 aromatic carbocycles. The van der Waals surface area contributed by atoms with Gasteiger partial charge in [0.15, 0.2) is 5.60 Å². The number of ether oxygens (including phenoxy) is 2. The zero-order valence-electron chi connectivity index (χ0n) is 20.4. The van der Waals surface area contributed by atoms with E-state index in [-0.39, 0.29) is 30.4 Å². The smallest absolute Gasteiger partial charge is 0.264 e. The summed E-state index contributed by atoms with van der Waals surface area (Å²) >= 11 is 0. The molecule has 0 aliphatic carbocycles. The van der Waals surface area contributed by atoms with E-state index in [1.54, 1.807) is 36.3 Å². The molecule has 3 aromatic rings. The lowest BCUT2D eigenvalue weighted by Crippen LogP contribution is -2.43. The molecular weight excluding hydrogens is 456 g/mol. The molecule has 2 aliphatic heterocycles. The highest BCUT2D eigenvalue weighted by Gasteiger charge is 2.59. The Labute approximate surface area is 210 Å². The van der Waals surface area contributed by atoms with Crippen LogP contribution in [0.15, 0.2) is 72.8 Å². The lowest BCUT2D eigenvalue weighted by molar-refractivity contribution is -0.146. The number of nitrogens with one attached hydrogen (secondary N) is 1. The fourth-order valence-corrected chi connectivity index (χ4v) is 5.38. The number of fused-ring (bicyclic) bond motifs is 2.